The standard InChI is InChI=1S/C27H28N4O3S/c1-3-31-13-12-22-20(15-31)24(18-9-4-6-10-21(18)29-22)27(33)34-16(2)25(32)30-26-19(14-28)17-8-5-7-11-23(17)35-26/h4,6,9-10,16H,3,5,7-8,11-13,15H2,1-2H3,(H,30,32). The first-order valence-electron chi connectivity index (χ1n) is 12.2. The highest BCUT2D eigenvalue weighted by Gasteiger charge is 2.29. The van der Waals surface area contributed by atoms with Gasteiger partial charge in [0, 0.05) is 41.0 Å². The fraction of sp³-hybridized carbons (Fsp3) is 0.407. The molecule has 0 radical (unpaired) electrons. The zero-order valence-corrected chi connectivity index (χ0v) is 20.8. The number of nitrogens with zero attached hydrogens (tertiary/aromatic N) is 3. The summed E-state index contributed by atoms with van der Waals surface area (Å²) >= 11 is 1.46. The number of ether oxygens (including phenoxy) is 1. The van der Waals surface area contributed by atoms with Crippen LogP contribution in [0.2, 0.25) is 0 Å². The number of para-hydroxylation sites is 1. The van der Waals surface area contributed by atoms with E-state index in [0.29, 0.717) is 22.7 Å². The number of anilines is 1. The second-order valence-electron chi connectivity index (χ2n) is 9.11. The molecule has 8 heteroatoms. The second kappa shape index (κ2) is 9.76. The van der Waals surface area contributed by atoms with E-state index in [0.717, 1.165) is 72.9 Å². The van der Waals surface area contributed by atoms with Crippen molar-refractivity contribution in [2.45, 2.75) is 58.6 Å². The molecule has 0 spiro atoms. The molecule has 1 N–H and O–H groups in total. The lowest BCUT2D eigenvalue weighted by Crippen LogP contribution is -2.34. The molecule has 1 atom stereocenters. The first-order valence-corrected chi connectivity index (χ1v) is 13.0. The average Bonchev–Trinajstić information content (AvgIpc) is 3.23. The molecule has 3 heterocycles. The minimum atomic E-state index is -1.01. The molecule has 0 bridgehead atoms. The van der Waals surface area contributed by atoms with Crippen LogP contribution in [0.4, 0.5) is 5.00 Å². The number of thiophene rings is 1. The van der Waals surface area contributed by atoms with Gasteiger partial charge in [0.2, 0.25) is 0 Å². The predicted molar refractivity (Wildman–Crippen MR) is 136 cm³/mol. The van der Waals surface area contributed by atoms with Crippen molar-refractivity contribution in [2.24, 2.45) is 0 Å². The molecular formula is C27H28N4O3S. The van der Waals surface area contributed by atoms with Crippen molar-refractivity contribution in [1.82, 2.24) is 9.88 Å². The fourth-order valence-corrected chi connectivity index (χ4v) is 6.25. The first-order chi connectivity index (χ1) is 17.0. The summed E-state index contributed by atoms with van der Waals surface area (Å²) in [5, 5.41) is 13.8. The van der Waals surface area contributed by atoms with Crippen LogP contribution in [0, 0.1) is 11.3 Å². The topological polar surface area (TPSA) is 95.3 Å². The number of nitriles is 1. The third kappa shape index (κ3) is 4.42. The number of hydrogen-bond acceptors (Lipinski definition) is 7. The minimum Gasteiger partial charge on any atom is -0.449 e. The molecule has 1 unspecified atom stereocenters. The Morgan fingerprint density at radius 3 is 2.83 bits per heavy atom. The average molecular weight is 489 g/mol. The van der Waals surface area contributed by atoms with Gasteiger partial charge >= 0.3 is 5.97 Å². The van der Waals surface area contributed by atoms with Gasteiger partial charge in [0.05, 0.1) is 16.6 Å². The number of carbonyl (C=O) groups excluding carboxylic acids is 2. The van der Waals surface area contributed by atoms with Crippen LogP contribution in [-0.4, -0.2) is 41.0 Å². The van der Waals surface area contributed by atoms with Crippen molar-refractivity contribution in [1.29, 1.82) is 5.26 Å². The third-order valence-electron chi connectivity index (χ3n) is 6.95. The Labute approximate surface area is 208 Å². The number of hydrogen-bond donors (Lipinski definition) is 1. The largest absolute Gasteiger partial charge is 0.449 e. The molecule has 2 aliphatic rings. The quantitative estimate of drug-likeness (QED) is 0.527. The van der Waals surface area contributed by atoms with Crippen LogP contribution in [0.3, 0.4) is 0 Å². The highest BCUT2D eigenvalue weighted by atomic mass is 32.1. The van der Waals surface area contributed by atoms with Crippen molar-refractivity contribution in [3.05, 3.63) is 57.1 Å². The number of carbonyl (C=O) groups is 2. The van der Waals surface area contributed by atoms with Crippen molar-refractivity contribution in [2.75, 3.05) is 18.4 Å². The molecule has 1 aromatic carbocycles. The van der Waals surface area contributed by atoms with E-state index in [2.05, 4.69) is 23.2 Å². The zero-order chi connectivity index (χ0) is 24.5. The molecule has 3 aromatic rings. The third-order valence-corrected chi connectivity index (χ3v) is 8.16. The van der Waals surface area contributed by atoms with Crippen LogP contribution in [0.1, 0.15) is 64.3 Å². The van der Waals surface area contributed by atoms with E-state index < -0.39 is 18.0 Å². The molecule has 0 fully saturated rings. The lowest BCUT2D eigenvalue weighted by Gasteiger charge is -2.29. The van der Waals surface area contributed by atoms with Crippen molar-refractivity contribution >= 4 is 39.1 Å². The van der Waals surface area contributed by atoms with Gasteiger partial charge in [0.25, 0.3) is 5.91 Å². The molecule has 1 amide bonds. The summed E-state index contributed by atoms with van der Waals surface area (Å²) in [6.07, 6.45) is 3.71. The first kappa shape index (κ1) is 23.5. The number of nitrogens with one attached hydrogen (secondary N) is 1. The van der Waals surface area contributed by atoms with Gasteiger partial charge in [-0.2, -0.15) is 5.26 Å². The summed E-state index contributed by atoms with van der Waals surface area (Å²) in [6, 6.07) is 9.82. The Balaban J connectivity index is 1.40. The number of amides is 1. The number of fused-ring (bicyclic) bond motifs is 3. The maximum atomic E-state index is 13.5. The molecule has 0 saturated heterocycles. The highest BCUT2D eigenvalue weighted by molar-refractivity contribution is 7.16. The summed E-state index contributed by atoms with van der Waals surface area (Å²) in [6.45, 7) is 6.07. The van der Waals surface area contributed by atoms with Gasteiger partial charge in [-0.15, -0.1) is 11.3 Å². The smallest absolute Gasteiger partial charge is 0.339 e. The van der Waals surface area contributed by atoms with E-state index in [1.807, 2.05) is 24.3 Å². The van der Waals surface area contributed by atoms with Gasteiger partial charge in [0.1, 0.15) is 11.1 Å². The molecule has 180 valence electrons. The molecule has 1 aliphatic carbocycles. The van der Waals surface area contributed by atoms with Crippen LogP contribution >= 0.6 is 11.3 Å². The molecule has 1 aliphatic heterocycles. The van der Waals surface area contributed by atoms with Gasteiger partial charge in [0.15, 0.2) is 6.10 Å². The number of pyridine rings is 1. The zero-order valence-electron chi connectivity index (χ0n) is 20.0. The summed E-state index contributed by atoms with van der Waals surface area (Å²) in [4.78, 5) is 34.7. The minimum absolute atomic E-state index is 0.434. The number of rotatable bonds is 5. The predicted octanol–water partition coefficient (Wildman–Crippen LogP) is 4.61. The van der Waals surface area contributed by atoms with Gasteiger partial charge in [-0.1, -0.05) is 25.1 Å². The number of aromatic nitrogens is 1. The number of benzene rings is 1. The molecule has 2 aromatic heterocycles. The van der Waals surface area contributed by atoms with E-state index in [1.165, 1.54) is 16.2 Å². The number of likely N-dealkylation sites (N-methyl/N-ethyl adjacent to an activating group) is 1. The fourth-order valence-electron chi connectivity index (χ4n) is 5.01. The Kier molecular flexibility index (Phi) is 6.54. The summed E-state index contributed by atoms with van der Waals surface area (Å²) < 4.78 is 5.71. The maximum absolute atomic E-state index is 13.5. The summed E-state index contributed by atoms with van der Waals surface area (Å²) in [7, 11) is 0. The van der Waals surface area contributed by atoms with E-state index in [4.69, 9.17) is 9.72 Å². The monoisotopic (exact) mass is 488 g/mol. The lowest BCUT2D eigenvalue weighted by atomic mass is 9.95. The molecule has 5 rings (SSSR count). The van der Waals surface area contributed by atoms with Crippen LogP contribution in [0.5, 0.6) is 0 Å². The van der Waals surface area contributed by atoms with Crippen molar-refractivity contribution < 1.29 is 14.3 Å². The molecule has 0 saturated carbocycles. The Morgan fingerprint density at radius 1 is 1.23 bits per heavy atom. The lowest BCUT2D eigenvalue weighted by molar-refractivity contribution is -0.123. The Bertz CT molecular complexity index is 1360. The van der Waals surface area contributed by atoms with E-state index in [1.54, 1.807) is 6.92 Å². The van der Waals surface area contributed by atoms with Crippen LogP contribution < -0.4 is 5.32 Å². The van der Waals surface area contributed by atoms with Crippen LogP contribution in [0.15, 0.2) is 24.3 Å². The normalized spacial score (nSPS) is 16.1. The van der Waals surface area contributed by atoms with Crippen molar-refractivity contribution in [3.8, 4) is 6.07 Å². The number of esters is 1. The summed E-state index contributed by atoms with van der Waals surface area (Å²) in [5.74, 6) is -0.956. The highest BCUT2D eigenvalue weighted by Crippen LogP contribution is 2.37. The Morgan fingerprint density at radius 2 is 2.03 bits per heavy atom. The molecule has 35 heavy (non-hydrogen) atoms. The van der Waals surface area contributed by atoms with Crippen LogP contribution in [-0.2, 0) is 35.3 Å². The van der Waals surface area contributed by atoms with Gasteiger partial charge in [-0.3, -0.25) is 14.7 Å². The van der Waals surface area contributed by atoms with Gasteiger partial charge in [-0.25, -0.2) is 4.79 Å². The van der Waals surface area contributed by atoms with E-state index in [9.17, 15) is 14.9 Å². The van der Waals surface area contributed by atoms with Crippen molar-refractivity contribution in [3.63, 3.8) is 0 Å². The van der Waals surface area contributed by atoms with Crippen LogP contribution in [0.25, 0.3) is 10.9 Å². The molecular weight excluding hydrogens is 460 g/mol. The SMILES string of the molecule is CCN1CCc2nc3ccccc3c(C(=O)OC(C)C(=O)Nc3sc4c(c3C#N)CCCC4)c2C1. The Hall–Kier alpha value is -3.28. The van der Waals surface area contributed by atoms with E-state index >= 15 is 0 Å². The van der Waals surface area contributed by atoms with Gasteiger partial charge in [-0.05, 0) is 50.8 Å². The van der Waals surface area contributed by atoms with Gasteiger partial charge < -0.3 is 10.1 Å². The second-order valence-corrected chi connectivity index (χ2v) is 10.2. The summed E-state index contributed by atoms with van der Waals surface area (Å²) in [5.41, 5.74) is 4.65. The maximum Gasteiger partial charge on any atom is 0.339 e. The molecule has 7 nitrogen and oxygen atoms in total. The van der Waals surface area contributed by atoms with E-state index in [-0.39, 0.29) is 0 Å². The number of aryl methyl sites for hydroxylation is 1.